The Morgan fingerprint density at radius 3 is 2.84 bits per heavy atom. The molecule has 1 aromatic carbocycles. The second-order valence-electron chi connectivity index (χ2n) is 5.77. The molecule has 2 atom stereocenters. The van der Waals surface area contributed by atoms with Crippen LogP contribution in [0.3, 0.4) is 0 Å². The van der Waals surface area contributed by atoms with Gasteiger partial charge in [0.1, 0.15) is 5.82 Å². The van der Waals surface area contributed by atoms with Crippen molar-refractivity contribution in [3.63, 3.8) is 0 Å². The molecule has 102 valence electrons. The van der Waals surface area contributed by atoms with Crippen LogP contribution >= 0.6 is 0 Å². The van der Waals surface area contributed by atoms with Crippen LogP contribution in [0.15, 0.2) is 24.3 Å². The molecule has 2 unspecified atom stereocenters. The third-order valence-corrected chi connectivity index (χ3v) is 4.63. The maximum Gasteiger partial charge on any atom is 0.179 e. The Hall–Kier alpha value is -1.22. The summed E-state index contributed by atoms with van der Waals surface area (Å²) >= 11 is 0. The standard InChI is InChI=1S/C16H20FNO/c17-14-8-2-1-7-13(14)16(19)11-18-10-4-6-12-5-3-9-15(12)18/h1-2,7-8,12,15H,3-6,9-11H2. The van der Waals surface area contributed by atoms with Gasteiger partial charge >= 0.3 is 0 Å². The van der Waals surface area contributed by atoms with Gasteiger partial charge in [-0.2, -0.15) is 0 Å². The van der Waals surface area contributed by atoms with Crippen LogP contribution in [0.1, 0.15) is 42.5 Å². The lowest BCUT2D eigenvalue weighted by molar-refractivity contribution is 0.0773. The summed E-state index contributed by atoms with van der Waals surface area (Å²) < 4.78 is 13.6. The Morgan fingerprint density at radius 2 is 2.00 bits per heavy atom. The number of hydrogen-bond donors (Lipinski definition) is 0. The van der Waals surface area contributed by atoms with Crippen LogP contribution in [0.2, 0.25) is 0 Å². The summed E-state index contributed by atoms with van der Waals surface area (Å²) in [7, 11) is 0. The Kier molecular flexibility index (Phi) is 3.65. The number of likely N-dealkylation sites (tertiary alicyclic amines) is 1. The predicted molar refractivity (Wildman–Crippen MR) is 72.7 cm³/mol. The minimum Gasteiger partial charge on any atom is -0.293 e. The van der Waals surface area contributed by atoms with Gasteiger partial charge in [-0.3, -0.25) is 9.69 Å². The average molecular weight is 261 g/mol. The zero-order valence-electron chi connectivity index (χ0n) is 11.1. The molecule has 1 aliphatic heterocycles. The van der Waals surface area contributed by atoms with Crippen LogP contribution in [0.4, 0.5) is 4.39 Å². The van der Waals surface area contributed by atoms with Crippen LogP contribution in [0.25, 0.3) is 0 Å². The van der Waals surface area contributed by atoms with Crippen molar-refractivity contribution in [1.82, 2.24) is 4.90 Å². The number of benzene rings is 1. The highest BCUT2D eigenvalue weighted by atomic mass is 19.1. The summed E-state index contributed by atoms with van der Waals surface area (Å²) in [5.41, 5.74) is 0.239. The summed E-state index contributed by atoms with van der Waals surface area (Å²) in [4.78, 5) is 14.5. The largest absolute Gasteiger partial charge is 0.293 e. The molecule has 0 spiro atoms. The van der Waals surface area contributed by atoms with E-state index in [1.807, 2.05) is 0 Å². The zero-order chi connectivity index (χ0) is 13.2. The molecule has 1 saturated carbocycles. The lowest BCUT2D eigenvalue weighted by Gasteiger charge is -2.37. The SMILES string of the molecule is O=C(CN1CCCC2CCCC21)c1ccccc1F. The van der Waals surface area contributed by atoms with Gasteiger partial charge in [-0.25, -0.2) is 4.39 Å². The van der Waals surface area contributed by atoms with Crippen LogP contribution in [0, 0.1) is 11.7 Å². The Morgan fingerprint density at radius 1 is 1.21 bits per heavy atom. The Bertz CT molecular complexity index is 474. The average Bonchev–Trinajstić information content (AvgIpc) is 2.88. The zero-order valence-corrected chi connectivity index (χ0v) is 11.1. The fourth-order valence-corrected chi connectivity index (χ4v) is 3.71. The molecule has 1 saturated heterocycles. The van der Waals surface area contributed by atoms with Crippen molar-refractivity contribution in [3.8, 4) is 0 Å². The lowest BCUT2D eigenvalue weighted by atomic mass is 9.91. The minimum absolute atomic E-state index is 0.0781. The molecule has 0 aromatic heterocycles. The smallest absolute Gasteiger partial charge is 0.179 e. The first kappa shape index (κ1) is 12.8. The van der Waals surface area contributed by atoms with E-state index in [-0.39, 0.29) is 11.3 Å². The fraction of sp³-hybridized carbons (Fsp3) is 0.562. The number of carbonyl (C=O) groups excluding carboxylic acids is 1. The van der Waals surface area contributed by atoms with E-state index in [1.165, 1.54) is 38.2 Å². The van der Waals surface area contributed by atoms with E-state index < -0.39 is 5.82 Å². The van der Waals surface area contributed by atoms with Gasteiger partial charge in [0.15, 0.2) is 5.78 Å². The minimum atomic E-state index is -0.396. The van der Waals surface area contributed by atoms with Gasteiger partial charge < -0.3 is 0 Å². The van der Waals surface area contributed by atoms with E-state index in [9.17, 15) is 9.18 Å². The van der Waals surface area contributed by atoms with Gasteiger partial charge in [-0.1, -0.05) is 18.6 Å². The predicted octanol–water partition coefficient (Wildman–Crippen LogP) is 3.27. The number of piperidine rings is 1. The lowest BCUT2D eigenvalue weighted by Crippen LogP contribution is -2.45. The van der Waals surface area contributed by atoms with Crippen molar-refractivity contribution in [2.45, 2.75) is 38.1 Å². The molecule has 1 aromatic rings. The summed E-state index contributed by atoms with van der Waals surface area (Å²) in [6.07, 6.45) is 6.25. The summed E-state index contributed by atoms with van der Waals surface area (Å²) in [6.45, 7) is 1.36. The number of rotatable bonds is 3. The van der Waals surface area contributed by atoms with Crippen molar-refractivity contribution in [3.05, 3.63) is 35.6 Å². The second kappa shape index (κ2) is 5.41. The third kappa shape index (κ3) is 2.57. The van der Waals surface area contributed by atoms with E-state index in [4.69, 9.17) is 0 Å². The molecule has 2 aliphatic rings. The topological polar surface area (TPSA) is 20.3 Å². The van der Waals surface area contributed by atoms with E-state index in [1.54, 1.807) is 18.2 Å². The Labute approximate surface area is 113 Å². The molecule has 0 N–H and O–H groups in total. The van der Waals surface area contributed by atoms with Crippen LogP contribution in [-0.4, -0.2) is 29.8 Å². The molecule has 0 bridgehead atoms. The molecule has 3 rings (SSSR count). The molecule has 0 radical (unpaired) electrons. The van der Waals surface area contributed by atoms with Crippen molar-refractivity contribution in [2.75, 3.05) is 13.1 Å². The summed E-state index contributed by atoms with van der Waals surface area (Å²) in [6, 6.07) is 6.87. The number of carbonyl (C=O) groups is 1. The van der Waals surface area contributed by atoms with Gasteiger partial charge in [-0.15, -0.1) is 0 Å². The maximum atomic E-state index is 13.6. The third-order valence-electron chi connectivity index (χ3n) is 4.63. The Balaban J connectivity index is 1.71. The van der Waals surface area contributed by atoms with Crippen molar-refractivity contribution in [2.24, 2.45) is 5.92 Å². The first-order valence-electron chi connectivity index (χ1n) is 7.27. The summed E-state index contributed by atoms with van der Waals surface area (Å²) in [5.74, 6) is 0.292. The van der Waals surface area contributed by atoms with Crippen LogP contribution in [-0.2, 0) is 0 Å². The monoisotopic (exact) mass is 261 g/mol. The number of fused-ring (bicyclic) bond motifs is 1. The molecule has 2 fully saturated rings. The number of ketones is 1. The first-order chi connectivity index (χ1) is 9.25. The molecule has 1 aliphatic carbocycles. The quantitative estimate of drug-likeness (QED) is 0.778. The first-order valence-corrected chi connectivity index (χ1v) is 7.27. The normalized spacial score (nSPS) is 27.2. The number of hydrogen-bond acceptors (Lipinski definition) is 2. The number of nitrogens with zero attached hydrogens (tertiary/aromatic N) is 1. The van der Waals surface area contributed by atoms with Gasteiger partial charge in [0.25, 0.3) is 0 Å². The van der Waals surface area contributed by atoms with E-state index in [0.717, 1.165) is 12.5 Å². The highest BCUT2D eigenvalue weighted by Crippen LogP contribution is 2.36. The van der Waals surface area contributed by atoms with Crippen molar-refractivity contribution < 1.29 is 9.18 Å². The molecular weight excluding hydrogens is 241 g/mol. The van der Waals surface area contributed by atoms with Gasteiger partial charge in [0.2, 0.25) is 0 Å². The van der Waals surface area contributed by atoms with E-state index in [0.29, 0.717) is 12.6 Å². The molecule has 19 heavy (non-hydrogen) atoms. The molecular formula is C16H20FNO. The van der Waals surface area contributed by atoms with E-state index in [2.05, 4.69) is 4.90 Å². The van der Waals surface area contributed by atoms with E-state index >= 15 is 0 Å². The van der Waals surface area contributed by atoms with Gasteiger partial charge in [0.05, 0.1) is 12.1 Å². The highest BCUT2D eigenvalue weighted by Gasteiger charge is 2.35. The number of halogens is 1. The molecule has 3 heteroatoms. The van der Waals surface area contributed by atoms with Crippen molar-refractivity contribution >= 4 is 5.78 Å². The van der Waals surface area contributed by atoms with Gasteiger partial charge in [0, 0.05) is 6.04 Å². The van der Waals surface area contributed by atoms with Gasteiger partial charge in [-0.05, 0) is 50.3 Å². The van der Waals surface area contributed by atoms with Crippen molar-refractivity contribution in [1.29, 1.82) is 0 Å². The second-order valence-corrected chi connectivity index (χ2v) is 5.77. The maximum absolute atomic E-state index is 13.6. The molecule has 1 heterocycles. The fourth-order valence-electron chi connectivity index (χ4n) is 3.71. The van der Waals surface area contributed by atoms with Crippen LogP contribution < -0.4 is 0 Å². The van der Waals surface area contributed by atoms with Crippen LogP contribution in [0.5, 0.6) is 0 Å². The molecule has 0 amide bonds. The molecule has 2 nitrogen and oxygen atoms in total. The number of Topliss-reactive ketones (excluding diaryl/α,β-unsaturated/α-hetero) is 1. The highest BCUT2D eigenvalue weighted by molar-refractivity contribution is 5.97. The summed E-state index contributed by atoms with van der Waals surface area (Å²) in [5, 5.41) is 0.